The van der Waals surface area contributed by atoms with E-state index in [9.17, 15) is 25.5 Å². The van der Waals surface area contributed by atoms with Crippen LogP contribution in [0.25, 0.3) is 0 Å². The topological polar surface area (TPSA) is 110 Å². The van der Waals surface area contributed by atoms with Crippen LogP contribution in [0.3, 0.4) is 0 Å². The number of phenolic OH excluding ortho intramolecular Hbond substituents is 4. The first-order chi connectivity index (χ1) is 14.7. The Hall–Kier alpha value is -3.12. The van der Waals surface area contributed by atoms with Gasteiger partial charge in [0.25, 0.3) is 0 Å². The Bertz CT molecular complexity index is 1020. The van der Waals surface area contributed by atoms with Gasteiger partial charge in [0.15, 0.2) is 11.5 Å². The van der Waals surface area contributed by atoms with Gasteiger partial charge in [-0.25, -0.2) is 0 Å². The van der Waals surface area contributed by atoms with Crippen LogP contribution < -0.4 is 4.74 Å². The Kier molecular flexibility index (Phi) is 6.81. The summed E-state index contributed by atoms with van der Waals surface area (Å²) >= 11 is 0. The third-order valence-corrected chi connectivity index (χ3v) is 5.47. The van der Waals surface area contributed by atoms with E-state index in [1.165, 1.54) is 29.3 Å². The molecule has 31 heavy (non-hydrogen) atoms. The zero-order valence-corrected chi connectivity index (χ0v) is 18.1. The molecule has 0 saturated carbocycles. The molecule has 3 rings (SSSR count). The lowest BCUT2D eigenvalue weighted by molar-refractivity contribution is 0.0196. The van der Waals surface area contributed by atoms with Gasteiger partial charge in [0.05, 0.1) is 6.10 Å². The van der Waals surface area contributed by atoms with Crippen LogP contribution in [-0.4, -0.2) is 31.6 Å². The SMILES string of the molecule is CC(C)=CCCC(C)=CCc1cc(C2Oc3cc(O)cc(O)c3CC2O)cc(O)c1O. The number of aliphatic hydroxyl groups is 1. The highest BCUT2D eigenvalue weighted by Crippen LogP contribution is 2.43. The lowest BCUT2D eigenvalue weighted by Gasteiger charge is -2.31. The molecule has 0 spiro atoms. The van der Waals surface area contributed by atoms with Crippen LogP contribution >= 0.6 is 0 Å². The van der Waals surface area contributed by atoms with Crippen LogP contribution in [0.5, 0.6) is 28.7 Å². The Labute approximate surface area is 182 Å². The predicted octanol–water partition coefficient (Wildman–Crippen LogP) is 4.78. The molecule has 0 bridgehead atoms. The van der Waals surface area contributed by atoms with Crippen LogP contribution in [0.15, 0.2) is 47.6 Å². The summed E-state index contributed by atoms with van der Waals surface area (Å²) < 4.78 is 5.86. The zero-order valence-electron chi connectivity index (χ0n) is 18.1. The number of aliphatic hydroxyl groups excluding tert-OH is 1. The Balaban J connectivity index is 1.84. The second-order valence-electron chi connectivity index (χ2n) is 8.37. The van der Waals surface area contributed by atoms with Gasteiger partial charge < -0.3 is 30.3 Å². The summed E-state index contributed by atoms with van der Waals surface area (Å²) in [6, 6.07) is 5.65. The van der Waals surface area contributed by atoms with E-state index >= 15 is 0 Å². The number of hydrogen-bond donors (Lipinski definition) is 5. The van der Waals surface area contributed by atoms with Crippen LogP contribution in [0.2, 0.25) is 0 Å². The monoisotopic (exact) mass is 426 g/mol. The summed E-state index contributed by atoms with van der Waals surface area (Å²) in [5.41, 5.74) is 3.89. The van der Waals surface area contributed by atoms with Crippen LogP contribution in [-0.2, 0) is 12.8 Å². The van der Waals surface area contributed by atoms with Gasteiger partial charge in [-0.2, -0.15) is 0 Å². The van der Waals surface area contributed by atoms with Crippen molar-refractivity contribution >= 4 is 0 Å². The van der Waals surface area contributed by atoms with Crippen molar-refractivity contribution in [3.8, 4) is 28.7 Å². The largest absolute Gasteiger partial charge is 0.508 e. The van der Waals surface area contributed by atoms with Gasteiger partial charge >= 0.3 is 0 Å². The maximum atomic E-state index is 10.6. The highest BCUT2D eigenvalue weighted by molar-refractivity contribution is 5.53. The van der Waals surface area contributed by atoms with Crippen molar-refractivity contribution in [3.05, 3.63) is 64.3 Å². The van der Waals surface area contributed by atoms with Crippen molar-refractivity contribution in [2.45, 2.75) is 58.7 Å². The quantitative estimate of drug-likeness (QED) is 0.336. The van der Waals surface area contributed by atoms with Crippen molar-refractivity contribution < 1.29 is 30.3 Å². The number of benzene rings is 2. The predicted molar refractivity (Wildman–Crippen MR) is 119 cm³/mol. The highest BCUT2D eigenvalue weighted by Gasteiger charge is 2.33. The van der Waals surface area contributed by atoms with Crippen LogP contribution in [0, 0.1) is 0 Å². The summed E-state index contributed by atoms with van der Waals surface area (Å²) in [6.45, 7) is 6.16. The molecule has 0 aromatic heterocycles. The van der Waals surface area contributed by atoms with E-state index in [4.69, 9.17) is 4.74 Å². The Morgan fingerprint density at radius 3 is 2.45 bits per heavy atom. The molecule has 5 N–H and O–H groups in total. The first-order valence-corrected chi connectivity index (χ1v) is 10.4. The Morgan fingerprint density at radius 1 is 1.00 bits per heavy atom. The van der Waals surface area contributed by atoms with E-state index in [0.717, 1.165) is 12.8 Å². The molecule has 1 aliphatic heterocycles. The third-order valence-electron chi connectivity index (χ3n) is 5.47. The standard InChI is InChI=1S/C25H30O6/c1-14(2)5-4-6-15(3)7-8-16-9-17(10-21(28)24(16)30)25-22(29)13-19-20(27)11-18(26)12-23(19)31-25/h5,7,9-12,22,25-30H,4,6,8,13H2,1-3H3. The summed E-state index contributed by atoms with van der Waals surface area (Å²) in [6.07, 6.45) is 4.82. The fourth-order valence-corrected chi connectivity index (χ4v) is 3.75. The fourth-order valence-electron chi connectivity index (χ4n) is 3.75. The summed E-state index contributed by atoms with van der Waals surface area (Å²) in [7, 11) is 0. The molecule has 0 fully saturated rings. The second-order valence-corrected chi connectivity index (χ2v) is 8.37. The minimum Gasteiger partial charge on any atom is -0.508 e. The molecule has 2 unspecified atom stereocenters. The molecule has 2 aromatic rings. The number of allylic oxidation sites excluding steroid dienone is 4. The van der Waals surface area contributed by atoms with Gasteiger partial charge in [0.1, 0.15) is 23.4 Å². The highest BCUT2D eigenvalue weighted by atomic mass is 16.5. The molecule has 166 valence electrons. The zero-order chi connectivity index (χ0) is 22.7. The molecule has 0 amide bonds. The molecule has 6 nitrogen and oxygen atoms in total. The van der Waals surface area contributed by atoms with Crippen molar-refractivity contribution in [2.24, 2.45) is 0 Å². The molecule has 2 atom stereocenters. The molecular weight excluding hydrogens is 396 g/mol. The molecule has 1 heterocycles. The Morgan fingerprint density at radius 2 is 1.74 bits per heavy atom. The molecule has 0 saturated heterocycles. The summed E-state index contributed by atoms with van der Waals surface area (Å²) in [4.78, 5) is 0. The maximum Gasteiger partial charge on any atom is 0.161 e. The number of aromatic hydroxyl groups is 4. The number of hydrogen-bond acceptors (Lipinski definition) is 6. The molecule has 6 heteroatoms. The van der Waals surface area contributed by atoms with Gasteiger partial charge in [-0.05, 0) is 57.7 Å². The number of phenols is 4. The molecule has 2 aromatic carbocycles. The lowest BCUT2D eigenvalue weighted by Crippen LogP contribution is -2.30. The first kappa shape index (κ1) is 22.6. The van der Waals surface area contributed by atoms with Crippen LogP contribution in [0.1, 0.15) is 56.4 Å². The first-order valence-electron chi connectivity index (χ1n) is 10.4. The lowest BCUT2D eigenvalue weighted by atomic mass is 9.92. The third kappa shape index (κ3) is 5.33. The molecular formula is C25H30O6. The van der Waals surface area contributed by atoms with Gasteiger partial charge in [0.2, 0.25) is 0 Å². The van der Waals surface area contributed by atoms with Gasteiger partial charge in [0, 0.05) is 29.7 Å². The fraction of sp³-hybridized carbons (Fsp3) is 0.360. The van der Waals surface area contributed by atoms with E-state index in [2.05, 4.69) is 19.9 Å². The number of rotatable bonds is 6. The summed E-state index contributed by atoms with van der Waals surface area (Å²) in [5.74, 6) is -0.497. The van der Waals surface area contributed by atoms with Crippen molar-refractivity contribution in [2.75, 3.05) is 0 Å². The normalized spacial score (nSPS) is 18.3. The molecule has 0 aliphatic carbocycles. The van der Waals surface area contributed by atoms with E-state index < -0.39 is 12.2 Å². The number of fused-ring (bicyclic) bond motifs is 1. The average molecular weight is 427 g/mol. The van der Waals surface area contributed by atoms with Gasteiger partial charge in [-0.15, -0.1) is 0 Å². The smallest absolute Gasteiger partial charge is 0.161 e. The minimum absolute atomic E-state index is 0.131. The van der Waals surface area contributed by atoms with E-state index in [-0.39, 0.29) is 35.2 Å². The van der Waals surface area contributed by atoms with Crippen molar-refractivity contribution in [1.82, 2.24) is 0 Å². The maximum absolute atomic E-state index is 10.6. The summed E-state index contributed by atoms with van der Waals surface area (Å²) in [5, 5.41) is 50.9. The minimum atomic E-state index is -0.971. The second kappa shape index (κ2) is 9.35. The molecule has 1 aliphatic rings. The van der Waals surface area contributed by atoms with Crippen LogP contribution in [0.4, 0.5) is 0 Å². The van der Waals surface area contributed by atoms with E-state index in [1.807, 2.05) is 13.0 Å². The average Bonchev–Trinajstić information content (AvgIpc) is 2.69. The van der Waals surface area contributed by atoms with Gasteiger partial charge in [-0.3, -0.25) is 0 Å². The molecule has 0 radical (unpaired) electrons. The number of ether oxygens (including phenoxy) is 1. The van der Waals surface area contributed by atoms with Crippen molar-refractivity contribution in [3.63, 3.8) is 0 Å². The van der Waals surface area contributed by atoms with E-state index in [0.29, 0.717) is 23.1 Å². The van der Waals surface area contributed by atoms with E-state index in [1.54, 1.807) is 6.07 Å². The van der Waals surface area contributed by atoms with Crippen molar-refractivity contribution in [1.29, 1.82) is 0 Å². The van der Waals surface area contributed by atoms with Gasteiger partial charge in [-0.1, -0.05) is 23.3 Å².